The second-order valence-electron chi connectivity index (χ2n) is 3.90. The summed E-state index contributed by atoms with van der Waals surface area (Å²) in [5.74, 6) is 1.18. The Morgan fingerprint density at radius 3 is 2.94 bits per heavy atom. The highest BCUT2D eigenvalue weighted by Gasteiger charge is 2.26. The Hall–Kier alpha value is -1.40. The molecule has 6 nitrogen and oxygen atoms in total. The molecule has 0 radical (unpaired) electrons. The lowest BCUT2D eigenvalue weighted by Gasteiger charge is -2.40. The zero-order valence-electron chi connectivity index (χ0n) is 9.60. The number of nitrogen functional groups attached to an aromatic ring is 1. The SMILES string of the molecule is CNC1CN(c2cc(COC)nc(N)n2)C1. The van der Waals surface area contributed by atoms with Gasteiger partial charge >= 0.3 is 0 Å². The van der Waals surface area contributed by atoms with Gasteiger partial charge in [0.1, 0.15) is 5.82 Å². The minimum atomic E-state index is 0.303. The van der Waals surface area contributed by atoms with E-state index in [1.165, 1.54) is 0 Å². The van der Waals surface area contributed by atoms with Crippen molar-refractivity contribution < 1.29 is 4.74 Å². The molecule has 1 aliphatic rings. The number of likely N-dealkylation sites (N-methyl/N-ethyl adjacent to an activating group) is 1. The molecule has 3 N–H and O–H groups in total. The molecule has 1 aliphatic heterocycles. The predicted molar refractivity (Wildman–Crippen MR) is 62.2 cm³/mol. The van der Waals surface area contributed by atoms with E-state index in [-0.39, 0.29) is 0 Å². The van der Waals surface area contributed by atoms with Crippen molar-refractivity contribution in [2.45, 2.75) is 12.6 Å². The number of hydrogen-bond donors (Lipinski definition) is 2. The number of methoxy groups -OCH3 is 1. The summed E-state index contributed by atoms with van der Waals surface area (Å²) in [5, 5.41) is 3.21. The van der Waals surface area contributed by atoms with E-state index in [2.05, 4.69) is 20.2 Å². The second-order valence-corrected chi connectivity index (χ2v) is 3.90. The van der Waals surface area contributed by atoms with E-state index in [1.54, 1.807) is 7.11 Å². The first-order valence-corrected chi connectivity index (χ1v) is 5.27. The van der Waals surface area contributed by atoms with Crippen molar-refractivity contribution >= 4 is 11.8 Å². The van der Waals surface area contributed by atoms with Crippen LogP contribution in [0.2, 0.25) is 0 Å². The maximum Gasteiger partial charge on any atom is 0.222 e. The van der Waals surface area contributed by atoms with Gasteiger partial charge in [-0.25, -0.2) is 4.98 Å². The van der Waals surface area contributed by atoms with E-state index >= 15 is 0 Å². The first kappa shape index (κ1) is 11.1. The minimum Gasteiger partial charge on any atom is -0.378 e. The molecule has 1 saturated heterocycles. The van der Waals surface area contributed by atoms with Crippen LogP contribution in [0.4, 0.5) is 11.8 Å². The van der Waals surface area contributed by atoms with Gasteiger partial charge in [0.15, 0.2) is 0 Å². The van der Waals surface area contributed by atoms with Crippen LogP contribution in [-0.2, 0) is 11.3 Å². The zero-order chi connectivity index (χ0) is 11.5. The van der Waals surface area contributed by atoms with E-state index in [0.717, 1.165) is 24.6 Å². The molecule has 0 spiro atoms. The Balaban J connectivity index is 2.09. The number of nitrogens with one attached hydrogen (secondary N) is 1. The number of aromatic nitrogens is 2. The van der Waals surface area contributed by atoms with Crippen molar-refractivity contribution in [1.82, 2.24) is 15.3 Å². The summed E-state index contributed by atoms with van der Waals surface area (Å²) in [6.07, 6.45) is 0. The van der Waals surface area contributed by atoms with Crippen LogP contribution < -0.4 is 16.0 Å². The number of nitrogens with two attached hydrogens (primary N) is 1. The van der Waals surface area contributed by atoms with Crippen molar-refractivity contribution in [3.8, 4) is 0 Å². The van der Waals surface area contributed by atoms with Gasteiger partial charge < -0.3 is 20.7 Å². The van der Waals surface area contributed by atoms with Crippen LogP contribution in [0, 0.1) is 0 Å². The Kier molecular flexibility index (Phi) is 3.21. The van der Waals surface area contributed by atoms with Crippen molar-refractivity contribution in [3.63, 3.8) is 0 Å². The number of hydrogen-bond acceptors (Lipinski definition) is 6. The third kappa shape index (κ3) is 2.23. The van der Waals surface area contributed by atoms with Gasteiger partial charge in [-0.2, -0.15) is 4.98 Å². The molecule has 0 bridgehead atoms. The van der Waals surface area contributed by atoms with Gasteiger partial charge in [0.05, 0.1) is 12.3 Å². The first-order chi connectivity index (χ1) is 7.72. The third-order valence-electron chi connectivity index (χ3n) is 2.69. The van der Waals surface area contributed by atoms with E-state index in [1.807, 2.05) is 13.1 Å². The predicted octanol–water partition coefficient (Wildman–Crippen LogP) is -0.387. The topological polar surface area (TPSA) is 76.3 Å². The van der Waals surface area contributed by atoms with Crippen LogP contribution in [0.25, 0.3) is 0 Å². The van der Waals surface area contributed by atoms with Crippen molar-refractivity contribution in [3.05, 3.63) is 11.8 Å². The standard InChI is InChI=1S/C10H17N5O/c1-12-8-4-15(5-8)9-3-7(6-16-2)13-10(11)14-9/h3,8,12H,4-6H2,1-2H3,(H2,11,13,14). The van der Waals surface area contributed by atoms with Crippen LogP contribution >= 0.6 is 0 Å². The molecule has 0 aromatic carbocycles. The lowest BCUT2D eigenvalue weighted by Crippen LogP contribution is -2.57. The maximum absolute atomic E-state index is 5.65. The first-order valence-electron chi connectivity index (χ1n) is 5.27. The summed E-state index contributed by atoms with van der Waals surface area (Å²) in [4.78, 5) is 10.5. The molecule has 1 fully saturated rings. The maximum atomic E-state index is 5.65. The third-order valence-corrected chi connectivity index (χ3v) is 2.69. The monoisotopic (exact) mass is 223 g/mol. The molecular formula is C10H17N5O. The average Bonchev–Trinajstić information content (AvgIpc) is 2.15. The molecule has 1 aromatic heterocycles. The molecule has 0 atom stereocenters. The Morgan fingerprint density at radius 2 is 2.31 bits per heavy atom. The van der Waals surface area contributed by atoms with Gasteiger partial charge in [-0.15, -0.1) is 0 Å². The number of nitrogens with zero attached hydrogens (tertiary/aromatic N) is 3. The van der Waals surface area contributed by atoms with Crippen LogP contribution in [0.15, 0.2) is 6.07 Å². The van der Waals surface area contributed by atoms with Gasteiger partial charge in [0, 0.05) is 32.3 Å². The Morgan fingerprint density at radius 1 is 1.56 bits per heavy atom. The number of ether oxygens (including phenoxy) is 1. The fraction of sp³-hybridized carbons (Fsp3) is 0.600. The van der Waals surface area contributed by atoms with Gasteiger partial charge in [0.2, 0.25) is 5.95 Å². The highest BCUT2D eigenvalue weighted by atomic mass is 16.5. The van der Waals surface area contributed by atoms with Crippen LogP contribution in [-0.4, -0.2) is 43.3 Å². The number of anilines is 2. The molecule has 88 valence electrons. The fourth-order valence-corrected chi connectivity index (χ4v) is 1.74. The zero-order valence-corrected chi connectivity index (χ0v) is 9.60. The Labute approximate surface area is 94.8 Å². The van der Waals surface area contributed by atoms with Crippen LogP contribution in [0.5, 0.6) is 0 Å². The van der Waals surface area contributed by atoms with Gasteiger partial charge in [-0.3, -0.25) is 0 Å². The molecule has 16 heavy (non-hydrogen) atoms. The molecule has 1 aromatic rings. The molecule has 6 heteroatoms. The summed E-state index contributed by atoms with van der Waals surface area (Å²) in [6.45, 7) is 2.38. The molecule has 0 unspecified atom stereocenters. The highest BCUT2D eigenvalue weighted by Crippen LogP contribution is 2.20. The highest BCUT2D eigenvalue weighted by molar-refractivity contribution is 5.46. The molecular weight excluding hydrogens is 206 g/mol. The van der Waals surface area contributed by atoms with Crippen molar-refractivity contribution in [1.29, 1.82) is 0 Å². The average molecular weight is 223 g/mol. The smallest absolute Gasteiger partial charge is 0.222 e. The quantitative estimate of drug-likeness (QED) is 0.724. The molecule has 2 rings (SSSR count). The summed E-state index contributed by atoms with van der Waals surface area (Å²) in [6, 6.07) is 2.47. The van der Waals surface area contributed by atoms with Gasteiger partial charge in [0.25, 0.3) is 0 Å². The van der Waals surface area contributed by atoms with Crippen molar-refractivity contribution in [2.24, 2.45) is 0 Å². The van der Waals surface area contributed by atoms with E-state index in [0.29, 0.717) is 18.6 Å². The summed E-state index contributed by atoms with van der Waals surface area (Å²) in [5.41, 5.74) is 6.47. The lowest BCUT2D eigenvalue weighted by molar-refractivity contribution is 0.181. The molecule has 0 amide bonds. The Bertz CT molecular complexity index is 364. The van der Waals surface area contributed by atoms with E-state index in [9.17, 15) is 0 Å². The molecule has 0 aliphatic carbocycles. The van der Waals surface area contributed by atoms with Gasteiger partial charge in [-0.1, -0.05) is 0 Å². The van der Waals surface area contributed by atoms with E-state index < -0.39 is 0 Å². The van der Waals surface area contributed by atoms with Crippen LogP contribution in [0.3, 0.4) is 0 Å². The fourth-order valence-electron chi connectivity index (χ4n) is 1.74. The molecule has 0 saturated carbocycles. The summed E-state index contributed by atoms with van der Waals surface area (Å²) >= 11 is 0. The van der Waals surface area contributed by atoms with E-state index in [4.69, 9.17) is 10.5 Å². The summed E-state index contributed by atoms with van der Waals surface area (Å²) in [7, 11) is 3.60. The normalized spacial score (nSPS) is 16.2. The minimum absolute atomic E-state index is 0.303. The lowest BCUT2D eigenvalue weighted by atomic mass is 10.1. The van der Waals surface area contributed by atoms with Gasteiger partial charge in [-0.05, 0) is 7.05 Å². The van der Waals surface area contributed by atoms with Crippen LogP contribution in [0.1, 0.15) is 5.69 Å². The van der Waals surface area contributed by atoms with Crippen molar-refractivity contribution in [2.75, 3.05) is 37.9 Å². The summed E-state index contributed by atoms with van der Waals surface area (Å²) < 4.78 is 5.03. The second kappa shape index (κ2) is 4.63. The number of rotatable bonds is 4. The molecule has 2 heterocycles. The largest absolute Gasteiger partial charge is 0.378 e.